The summed E-state index contributed by atoms with van der Waals surface area (Å²) in [5.74, 6) is -2.11. The fourth-order valence-corrected chi connectivity index (χ4v) is 3.53. The molecule has 2 aromatic rings. The second kappa shape index (κ2) is 8.07. The van der Waals surface area contributed by atoms with E-state index in [0.717, 1.165) is 31.9 Å². The number of likely N-dealkylation sites (N-methyl/N-ethyl adjacent to an activating group) is 1. The van der Waals surface area contributed by atoms with Gasteiger partial charge >= 0.3 is 0 Å². The van der Waals surface area contributed by atoms with Crippen molar-refractivity contribution in [2.24, 2.45) is 0 Å². The quantitative estimate of drug-likeness (QED) is 0.677. The molecule has 0 unspecified atom stereocenters. The molecule has 8 heteroatoms. The number of amides is 5. The zero-order chi connectivity index (χ0) is 23.0. The van der Waals surface area contributed by atoms with Crippen LogP contribution < -0.4 is 9.80 Å². The molecule has 0 saturated carbocycles. The lowest BCUT2D eigenvalue weighted by molar-refractivity contribution is -0.129. The maximum atomic E-state index is 12.6. The minimum Gasteiger partial charge on any atom is -0.311 e. The van der Waals surface area contributed by atoms with Gasteiger partial charge in [-0.25, -0.2) is 9.80 Å². The van der Waals surface area contributed by atoms with Crippen molar-refractivity contribution >= 4 is 40.9 Å². The molecular weight excluding hydrogens is 410 g/mol. The summed E-state index contributed by atoms with van der Waals surface area (Å²) in [5, 5.41) is 0. The average Bonchev–Trinajstić information content (AvgIpc) is 3.26. The Hall–Kier alpha value is -4.33. The SMILES string of the molecule is CC(=O)N(C)C1=CC(=O)N(c2ccc(Cc3ccc(N4C(=O)C=CC4=O)cc3)cc2)C1=O. The summed E-state index contributed by atoms with van der Waals surface area (Å²) in [4.78, 5) is 63.3. The van der Waals surface area contributed by atoms with Crippen molar-refractivity contribution in [2.45, 2.75) is 13.3 Å². The van der Waals surface area contributed by atoms with Crippen molar-refractivity contribution in [1.29, 1.82) is 0 Å². The molecule has 32 heavy (non-hydrogen) atoms. The monoisotopic (exact) mass is 429 g/mol. The fraction of sp³-hybridized carbons (Fsp3) is 0.125. The number of benzene rings is 2. The van der Waals surface area contributed by atoms with E-state index < -0.39 is 11.8 Å². The fourth-order valence-electron chi connectivity index (χ4n) is 3.53. The first-order valence-electron chi connectivity index (χ1n) is 9.84. The van der Waals surface area contributed by atoms with Crippen LogP contribution in [0, 0.1) is 0 Å². The molecule has 0 bridgehead atoms. The van der Waals surface area contributed by atoms with E-state index in [4.69, 9.17) is 0 Å². The molecule has 0 radical (unpaired) electrons. The third-order valence-corrected chi connectivity index (χ3v) is 5.34. The Morgan fingerprint density at radius 3 is 1.69 bits per heavy atom. The molecule has 4 rings (SSSR count). The molecule has 8 nitrogen and oxygen atoms in total. The van der Waals surface area contributed by atoms with E-state index in [1.807, 2.05) is 24.3 Å². The Morgan fingerprint density at radius 1 is 0.750 bits per heavy atom. The number of carbonyl (C=O) groups is 5. The second-order valence-electron chi connectivity index (χ2n) is 7.44. The van der Waals surface area contributed by atoms with Gasteiger partial charge in [0.25, 0.3) is 23.6 Å². The maximum Gasteiger partial charge on any atom is 0.282 e. The molecular formula is C24H19N3O5. The van der Waals surface area contributed by atoms with Gasteiger partial charge in [-0.1, -0.05) is 24.3 Å². The molecule has 0 spiro atoms. The van der Waals surface area contributed by atoms with Gasteiger partial charge in [0.2, 0.25) is 5.91 Å². The van der Waals surface area contributed by atoms with Gasteiger partial charge < -0.3 is 4.90 Å². The molecule has 2 heterocycles. The summed E-state index contributed by atoms with van der Waals surface area (Å²) in [6, 6.07) is 14.1. The van der Waals surface area contributed by atoms with Crippen LogP contribution in [0.4, 0.5) is 11.4 Å². The number of anilines is 2. The maximum absolute atomic E-state index is 12.6. The zero-order valence-electron chi connectivity index (χ0n) is 17.4. The molecule has 0 saturated heterocycles. The number of hydrogen-bond acceptors (Lipinski definition) is 5. The number of hydrogen-bond donors (Lipinski definition) is 0. The molecule has 2 aliphatic rings. The van der Waals surface area contributed by atoms with Crippen LogP contribution in [0.25, 0.3) is 0 Å². The molecule has 2 aliphatic heterocycles. The molecule has 0 aliphatic carbocycles. The van der Waals surface area contributed by atoms with Crippen molar-refractivity contribution in [1.82, 2.24) is 4.90 Å². The topological polar surface area (TPSA) is 95.1 Å². The summed E-state index contributed by atoms with van der Waals surface area (Å²) < 4.78 is 0. The summed E-state index contributed by atoms with van der Waals surface area (Å²) in [7, 11) is 1.45. The van der Waals surface area contributed by atoms with Gasteiger partial charge in [-0.15, -0.1) is 0 Å². The second-order valence-corrected chi connectivity index (χ2v) is 7.44. The number of nitrogens with zero attached hydrogens (tertiary/aromatic N) is 3. The highest BCUT2D eigenvalue weighted by molar-refractivity contribution is 6.31. The lowest BCUT2D eigenvalue weighted by atomic mass is 10.0. The normalized spacial score (nSPS) is 15.6. The lowest BCUT2D eigenvalue weighted by Crippen LogP contribution is -2.35. The molecule has 2 aromatic carbocycles. The van der Waals surface area contributed by atoms with Crippen LogP contribution in [0.5, 0.6) is 0 Å². The van der Waals surface area contributed by atoms with E-state index in [1.165, 1.54) is 26.1 Å². The van der Waals surface area contributed by atoms with Gasteiger partial charge in [0.05, 0.1) is 11.4 Å². The summed E-state index contributed by atoms with van der Waals surface area (Å²) >= 11 is 0. The minimum absolute atomic E-state index is 0.0387. The van der Waals surface area contributed by atoms with E-state index >= 15 is 0 Å². The Morgan fingerprint density at radius 2 is 1.22 bits per heavy atom. The predicted molar refractivity (Wildman–Crippen MR) is 116 cm³/mol. The van der Waals surface area contributed by atoms with Gasteiger partial charge in [0.1, 0.15) is 5.70 Å². The van der Waals surface area contributed by atoms with Crippen molar-refractivity contribution in [2.75, 3.05) is 16.8 Å². The number of imide groups is 2. The van der Waals surface area contributed by atoms with Crippen LogP contribution >= 0.6 is 0 Å². The van der Waals surface area contributed by atoms with E-state index in [0.29, 0.717) is 17.8 Å². The van der Waals surface area contributed by atoms with Crippen LogP contribution in [-0.2, 0) is 30.4 Å². The van der Waals surface area contributed by atoms with Crippen LogP contribution in [0.15, 0.2) is 72.5 Å². The predicted octanol–water partition coefficient (Wildman–Crippen LogP) is 1.94. The molecule has 0 atom stereocenters. The molecule has 0 aromatic heterocycles. The highest BCUT2D eigenvalue weighted by atomic mass is 16.2. The first-order valence-corrected chi connectivity index (χ1v) is 9.84. The van der Waals surface area contributed by atoms with E-state index in [9.17, 15) is 24.0 Å². The standard InChI is InChI=1S/C24H19N3O5/c1-15(28)25(2)20-14-23(31)27(24(20)32)19-9-5-17(6-10-19)13-16-3-7-18(8-4-16)26-21(29)11-12-22(26)30/h3-12,14H,13H2,1-2H3. The highest BCUT2D eigenvalue weighted by Crippen LogP contribution is 2.25. The van der Waals surface area contributed by atoms with Crippen LogP contribution in [0.2, 0.25) is 0 Å². The van der Waals surface area contributed by atoms with E-state index in [-0.39, 0.29) is 23.4 Å². The molecule has 5 amide bonds. The highest BCUT2D eigenvalue weighted by Gasteiger charge is 2.35. The van der Waals surface area contributed by atoms with Crippen molar-refractivity contribution in [3.05, 3.63) is 83.6 Å². The van der Waals surface area contributed by atoms with Gasteiger partial charge in [-0.2, -0.15) is 0 Å². The summed E-state index contributed by atoms with van der Waals surface area (Å²) in [6.07, 6.45) is 4.22. The van der Waals surface area contributed by atoms with Crippen molar-refractivity contribution < 1.29 is 24.0 Å². The Labute approximate surface area is 184 Å². The van der Waals surface area contributed by atoms with Gasteiger partial charge in [-0.3, -0.25) is 24.0 Å². The zero-order valence-corrected chi connectivity index (χ0v) is 17.4. The first-order chi connectivity index (χ1) is 15.3. The van der Waals surface area contributed by atoms with Crippen LogP contribution in [-0.4, -0.2) is 41.5 Å². The minimum atomic E-state index is -0.545. The van der Waals surface area contributed by atoms with Crippen LogP contribution in [0.1, 0.15) is 18.1 Å². The smallest absolute Gasteiger partial charge is 0.282 e. The Balaban J connectivity index is 1.45. The summed E-state index contributed by atoms with van der Waals surface area (Å²) in [5.41, 5.74) is 2.88. The Kier molecular flexibility index (Phi) is 5.28. The third kappa shape index (κ3) is 3.74. The van der Waals surface area contributed by atoms with E-state index in [2.05, 4.69) is 0 Å². The molecule has 160 valence electrons. The van der Waals surface area contributed by atoms with Crippen LogP contribution in [0.3, 0.4) is 0 Å². The van der Waals surface area contributed by atoms with Gasteiger partial charge in [-0.05, 0) is 41.8 Å². The largest absolute Gasteiger partial charge is 0.311 e. The number of rotatable bonds is 5. The van der Waals surface area contributed by atoms with Gasteiger partial charge in [0, 0.05) is 32.2 Å². The van der Waals surface area contributed by atoms with Crippen molar-refractivity contribution in [3.63, 3.8) is 0 Å². The van der Waals surface area contributed by atoms with Crippen molar-refractivity contribution in [3.8, 4) is 0 Å². The number of carbonyl (C=O) groups excluding carboxylic acids is 5. The third-order valence-electron chi connectivity index (χ3n) is 5.34. The first kappa shape index (κ1) is 20.9. The van der Waals surface area contributed by atoms with E-state index in [1.54, 1.807) is 24.3 Å². The summed E-state index contributed by atoms with van der Waals surface area (Å²) in [6.45, 7) is 1.32. The Bertz CT molecular complexity index is 1190. The molecule has 0 N–H and O–H groups in total. The lowest BCUT2D eigenvalue weighted by Gasteiger charge is -2.19. The molecule has 0 fully saturated rings. The average molecular weight is 429 g/mol. The van der Waals surface area contributed by atoms with Gasteiger partial charge in [0.15, 0.2) is 0 Å².